The Morgan fingerprint density at radius 3 is 1.12 bits per heavy atom. The maximum absolute atomic E-state index is 2.74. The summed E-state index contributed by atoms with van der Waals surface area (Å²) in [6.07, 6.45) is 0. The van der Waals surface area contributed by atoms with Gasteiger partial charge in [-0.05, 0) is 106 Å². The normalized spacial score (nSPS) is 12.2. The zero-order valence-electron chi connectivity index (χ0n) is 31.7. The lowest BCUT2D eigenvalue weighted by atomic mass is 9.87. The van der Waals surface area contributed by atoms with E-state index < -0.39 is 8.07 Å². The van der Waals surface area contributed by atoms with Crippen molar-refractivity contribution in [3.8, 4) is 0 Å². The van der Waals surface area contributed by atoms with E-state index in [4.69, 9.17) is 0 Å². The summed E-state index contributed by atoms with van der Waals surface area (Å²) in [4.78, 5) is 2.44. The molecule has 0 saturated carbocycles. The van der Waals surface area contributed by atoms with Crippen molar-refractivity contribution in [2.45, 2.75) is 80.1 Å². The number of nitrogens with zero attached hydrogens (tertiary/aromatic N) is 1. The molecule has 0 aliphatic heterocycles. The number of hydrogen-bond acceptors (Lipinski definition) is 1. The van der Waals surface area contributed by atoms with Crippen LogP contribution in [0.1, 0.15) is 74.9 Å². The van der Waals surface area contributed by atoms with Gasteiger partial charge in [0.1, 0.15) is 0 Å². The highest BCUT2D eigenvalue weighted by Gasteiger charge is 2.42. The Bertz CT molecular complexity index is 1970. The first kappa shape index (κ1) is 35.2. The minimum absolute atomic E-state index is 0.0805. The van der Waals surface area contributed by atoms with Gasteiger partial charge in [-0.1, -0.05) is 168 Å². The molecule has 0 saturated heterocycles. The first-order valence-corrected chi connectivity index (χ1v) is 20.0. The van der Waals surface area contributed by atoms with Gasteiger partial charge in [-0.25, -0.2) is 0 Å². The van der Waals surface area contributed by atoms with Crippen LogP contribution in [0.25, 0.3) is 0 Å². The second kappa shape index (κ2) is 13.6. The third-order valence-corrected chi connectivity index (χ3v) is 15.1. The van der Waals surface area contributed by atoms with Gasteiger partial charge < -0.3 is 4.90 Å². The van der Waals surface area contributed by atoms with Gasteiger partial charge in [-0.15, -0.1) is 0 Å². The lowest BCUT2D eigenvalue weighted by molar-refractivity contribution is 0.590. The summed E-state index contributed by atoms with van der Waals surface area (Å²) in [5, 5.41) is 5.56. The summed E-state index contributed by atoms with van der Waals surface area (Å²) in [7, 11) is -2.74. The third-order valence-electron chi connectivity index (χ3n) is 10.3. The summed E-state index contributed by atoms with van der Waals surface area (Å²) in [5.41, 5.74) is 11.5. The van der Waals surface area contributed by atoms with Crippen LogP contribution in [0.5, 0.6) is 0 Å². The van der Waals surface area contributed by atoms with E-state index in [9.17, 15) is 0 Å². The Balaban J connectivity index is 1.61. The van der Waals surface area contributed by atoms with Crippen LogP contribution in [0.2, 0.25) is 0 Å². The Hall–Kier alpha value is -4.66. The molecule has 0 atom stereocenters. The van der Waals surface area contributed by atoms with Crippen LogP contribution >= 0.6 is 0 Å². The average molecular weight is 672 g/mol. The molecule has 0 aliphatic carbocycles. The van der Waals surface area contributed by atoms with E-state index in [1.54, 1.807) is 0 Å². The maximum Gasteiger partial charge on any atom is 0.179 e. The largest absolute Gasteiger partial charge is 0.310 e. The van der Waals surface area contributed by atoms with Crippen molar-refractivity contribution >= 4 is 45.9 Å². The van der Waals surface area contributed by atoms with Crippen LogP contribution in [0.15, 0.2) is 140 Å². The quantitative estimate of drug-likeness (QED) is 0.121. The van der Waals surface area contributed by atoms with Crippen LogP contribution in [0.4, 0.5) is 17.1 Å². The molecule has 2 heteroatoms. The number of rotatable bonds is 7. The molecule has 254 valence electrons. The Labute approximate surface area is 302 Å². The number of benzene rings is 6. The minimum Gasteiger partial charge on any atom is -0.310 e. The van der Waals surface area contributed by atoms with Crippen molar-refractivity contribution < 1.29 is 0 Å². The molecule has 6 aromatic carbocycles. The molecular formula is C48H53NSi. The smallest absolute Gasteiger partial charge is 0.179 e. The molecule has 1 nitrogen and oxygen atoms in total. The Kier molecular flexibility index (Phi) is 9.55. The molecule has 0 aliphatic rings. The molecule has 50 heavy (non-hydrogen) atoms. The van der Waals surface area contributed by atoms with Gasteiger partial charge in [0, 0.05) is 17.1 Å². The van der Waals surface area contributed by atoms with E-state index >= 15 is 0 Å². The van der Waals surface area contributed by atoms with Gasteiger partial charge in [-0.2, -0.15) is 0 Å². The summed E-state index contributed by atoms with van der Waals surface area (Å²) in [6.45, 7) is 22.6. The van der Waals surface area contributed by atoms with Crippen molar-refractivity contribution in [2.75, 3.05) is 4.90 Å². The van der Waals surface area contributed by atoms with Crippen molar-refractivity contribution in [3.63, 3.8) is 0 Å². The summed E-state index contributed by atoms with van der Waals surface area (Å²) in [6, 6.07) is 53.5. The molecule has 0 aromatic heterocycles. The van der Waals surface area contributed by atoms with E-state index in [0.29, 0.717) is 0 Å². The molecule has 6 aromatic rings. The number of aryl methyl sites for hydroxylation is 4. The lowest BCUT2D eigenvalue weighted by Gasteiger charge is -2.36. The zero-order valence-corrected chi connectivity index (χ0v) is 32.7. The fraction of sp³-hybridized carbons (Fsp3) is 0.250. The zero-order chi connectivity index (χ0) is 35.8. The molecule has 0 spiro atoms. The highest BCUT2D eigenvalue weighted by Crippen LogP contribution is 2.38. The topological polar surface area (TPSA) is 3.24 Å². The number of anilines is 3. The summed E-state index contributed by atoms with van der Waals surface area (Å²) in [5.74, 6) is 0. The third kappa shape index (κ3) is 6.74. The predicted molar refractivity (Wildman–Crippen MR) is 221 cm³/mol. The average Bonchev–Trinajstić information content (AvgIpc) is 3.08. The molecule has 0 unspecified atom stereocenters. The fourth-order valence-corrected chi connectivity index (χ4v) is 12.2. The fourth-order valence-electron chi connectivity index (χ4n) is 7.51. The molecule has 0 fully saturated rings. The van der Waals surface area contributed by atoms with E-state index in [0.717, 1.165) is 5.69 Å². The highest BCUT2D eigenvalue weighted by molar-refractivity contribution is 7.19. The molecule has 0 heterocycles. The molecular weight excluding hydrogens is 619 g/mol. The van der Waals surface area contributed by atoms with Gasteiger partial charge in [0.25, 0.3) is 0 Å². The van der Waals surface area contributed by atoms with Crippen LogP contribution in [-0.2, 0) is 10.8 Å². The highest BCUT2D eigenvalue weighted by atomic mass is 28.3. The van der Waals surface area contributed by atoms with E-state index in [2.05, 4.69) is 214 Å². The summed E-state index contributed by atoms with van der Waals surface area (Å²) < 4.78 is 0. The standard InChI is InChI=1S/C48H53NSi/c1-34-16-30-45(36(3)32-34)49(46-31-17-35(2)33-37(46)4)40-22-28-44(29-23-40)50(41-14-12-11-13-15-41,42-24-18-38(19-25-42)47(5,6)7)43-26-20-39(21-27-43)48(8,9)10/h11-33H,1-10H3. The maximum atomic E-state index is 2.44. The van der Waals surface area contributed by atoms with Crippen molar-refractivity contribution in [1.29, 1.82) is 0 Å². The van der Waals surface area contributed by atoms with Crippen molar-refractivity contribution in [2.24, 2.45) is 0 Å². The van der Waals surface area contributed by atoms with Crippen LogP contribution in [0, 0.1) is 27.7 Å². The first-order chi connectivity index (χ1) is 23.7. The predicted octanol–water partition coefficient (Wildman–Crippen LogP) is 10.4. The van der Waals surface area contributed by atoms with Gasteiger partial charge in [0.2, 0.25) is 0 Å². The van der Waals surface area contributed by atoms with Gasteiger partial charge in [0.05, 0.1) is 0 Å². The van der Waals surface area contributed by atoms with Crippen molar-refractivity contribution in [1.82, 2.24) is 0 Å². The Morgan fingerprint density at radius 1 is 0.400 bits per heavy atom. The van der Waals surface area contributed by atoms with E-state index in [1.807, 2.05) is 0 Å². The molecule has 0 radical (unpaired) electrons. The van der Waals surface area contributed by atoms with Crippen LogP contribution < -0.4 is 25.6 Å². The number of hydrogen-bond donors (Lipinski definition) is 0. The van der Waals surface area contributed by atoms with E-state index in [1.165, 1.54) is 65.5 Å². The molecule has 0 N–H and O–H groups in total. The minimum atomic E-state index is -2.74. The van der Waals surface area contributed by atoms with Crippen molar-refractivity contribution in [3.05, 3.63) is 173 Å². The van der Waals surface area contributed by atoms with E-state index in [-0.39, 0.29) is 10.8 Å². The SMILES string of the molecule is Cc1ccc(N(c2ccc([Si](c3ccccc3)(c3ccc(C(C)(C)C)cc3)c3ccc(C(C)(C)C)cc3)cc2)c2ccc(C)cc2C)c(C)c1. The van der Waals surface area contributed by atoms with Gasteiger partial charge in [-0.3, -0.25) is 0 Å². The van der Waals surface area contributed by atoms with Gasteiger partial charge in [0.15, 0.2) is 8.07 Å². The first-order valence-electron chi connectivity index (χ1n) is 18.0. The monoisotopic (exact) mass is 671 g/mol. The van der Waals surface area contributed by atoms with Gasteiger partial charge >= 0.3 is 0 Å². The second-order valence-corrected chi connectivity index (χ2v) is 20.0. The van der Waals surface area contributed by atoms with Crippen LogP contribution in [-0.4, -0.2) is 8.07 Å². The molecule has 6 rings (SSSR count). The summed E-state index contributed by atoms with van der Waals surface area (Å²) >= 11 is 0. The van der Waals surface area contributed by atoms with Crippen LogP contribution in [0.3, 0.4) is 0 Å². The Morgan fingerprint density at radius 2 is 0.760 bits per heavy atom. The second-order valence-electron chi connectivity index (χ2n) is 16.2. The molecule has 0 bridgehead atoms. The molecule has 0 amide bonds. The lowest BCUT2D eigenvalue weighted by Crippen LogP contribution is -2.74.